The minimum absolute atomic E-state index is 0.242. The number of carboxylic acids is 1. The second-order valence-electron chi connectivity index (χ2n) is 3.76. The molecule has 1 saturated heterocycles. The molecule has 0 bridgehead atoms. The summed E-state index contributed by atoms with van der Waals surface area (Å²) in [6.45, 7) is 2.98. The molecular weight excluding hydrogens is 255 g/mol. The summed E-state index contributed by atoms with van der Waals surface area (Å²) in [5.41, 5.74) is 0. The monoisotopic (exact) mass is 267 g/mol. The lowest BCUT2D eigenvalue weighted by molar-refractivity contribution is -0.177. The van der Waals surface area contributed by atoms with Crippen molar-refractivity contribution in [3.8, 4) is 0 Å². The normalized spacial score (nSPS) is 23.8. The highest BCUT2D eigenvalue weighted by Crippen LogP contribution is 2.36. The van der Waals surface area contributed by atoms with Gasteiger partial charge in [-0.1, -0.05) is 12.7 Å². The summed E-state index contributed by atoms with van der Waals surface area (Å²) in [5.74, 6) is -1.47. The summed E-state index contributed by atoms with van der Waals surface area (Å²) in [7, 11) is 0. The van der Waals surface area contributed by atoms with Gasteiger partial charge in [0.2, 0.25) is 0 Å². The maximum absolute atomic E-state index is 12.7. The Balaban J connectivity index is 2.91. The van der Waals surface area contributed by atoms with Crippen molar-refractivity contribution in [2.45, 2.75) is 31.1 Å². The standard InChI is InChI=1S/C10H12F3NO4/c1-2-5-18-9(17)14-6(8(15)16)3-4-7(14)10(11,12)13/h2,6-7H,1,3-5H2,(H,15,16). The second kappa shape index (κ2) is 5.28. The van der Waals surface area contributed by atoms with E-state index in [9.17, 15) is 22.8 Å². The van der Waals surface area contributed by atoms with Gasteiger partial charge in [-0.05, 0) is 12.8 Å². The van der Waals surface area contributed by atoms with Crippen LogP contribution in [0.5, 0.6) is 0 Å². The average Bonchev–Trinajstić information content (AvgIpc) is 2.69. The highest BCUT2D eigenvalue weighted by atomic mass is 19.4. The summed E-state index contributed by atoms with van der Waals surface area (Å²) in [4.78, 5) is 22.5. The third-order valence-electron chi connectivity index (χ3n) is 2.58. The van der Waals surface area contributed by atoms with Crippen molar-refractivity contribution in [2.24, 2.45) is 0 Å². The minimum atomic E-state index is -4.67. The average molecular weight is 267 g/mol. The number of hydrogen-bond acceptors (Lipinski definition) is 3. The van der Waals surface area contributed by atoms with E-state index in [0.29, 0.717) is 0 Å². The van der Waals surface area contributed by atoms with Crippen molar-refractivity contribution in [1.82, 2.24) is 4.90 Å². The Morgan fingerprint density at radius 2 is 2.06 bits per heavy atom. The lowest BCUT2D eigenvalue weighted by Crippen LogP contribution is -2.50. The van der Waals surface area contributed by atoms with Crippen LogP contribution < -0.4 is 0 Å². The third-order valence-corrected chi connectivity index (χ3v) is 2.58. The van der Waals surface area contributed by atoms with Gasteiger partial charge in [-0.15, -0.1) is 0 Å². The summed E-state index contributed by atoms with van der Waals surface area (Å²) >= 11 is 0. The molecule has 1 N–H and O–H groups in total. The number of carbonyl (C=O) groups excluding carboxylic acids is 1. The molecule has 0 aromatic carbocycles. The van der Waals surface area contributed by atoms with Crippen molar-refractivity contribution in [3.63, 3.8) is 0 Å². The number of hydrogen-bond donors (Lipinski definition) is 1. The van der Waals surface area contributed by atoms with Crippen LogP contribution in [-0.2, 0) is 9.53 Å². The van der Waals surface area contributed by atoms with Gasteiger partial charge in [0.05, 0.1) is 0 Å². The van der Waals surface area contributed by atoms with Gasteiger partial charge >= 0.3 is 18.2 Å². The first-order valence-electron chi connectivity index (χ1n) is 5.14. The molecule has 18 heavy (non-hydrogen) atoms. The van der Waals surface area contributed by atoms with Gasteiger partial charge in [-0.2, -0.15) is 13.2 Å². The lowest BCUT2D eigenvalue weighted by Gasteiger charge is -2.28. The molecule has 1 aliphatic rings. The molecule has 0 spiro atoms. The van der Waals surface area contributed by atoms with Crippen LogP contribution in [-0.4, -0.2) is 46.9 Å². The van der Waals surface area contributed by atoms with Gasteiger partial charge in [-0.3, -0.25) is 4.90 Å². The van der Waals surface area contributed by atoms with Crippen LogP contribution in [0.3, 0.4) is 0 Å². The highest BCUT2D eigenvalue weighted by molar-refractivity contribution is 5.81. The quantitative estimate of drug-likeness (QED) is 0.791. The van der Waals surface area contributed by atoms with E-state index in [1.54, 1.807) is 0 Å². The lowest BCUT2D eigenvalue weighted by atomic mass is 10.2. The van der Waals surface area contributed by atoms with E-state index in [2.05, 4.69) is 11.3 Å². The number of amides is 1. The maximum atomic E-state index is 12.7. The number of aliphatic carboxylic acids is 1. The van der Waals surface area contributed by atoms with Gasteiger partial charge < -0.3 is 9.84 Å². The first kappa shape index (κ1) is 14.3. The fraction of sp³-hybridized carbons (Fsp3) is 0.600. The number of halogens is 3. The topological polar surface area (TPSA) is 66.8 Å². The summed E-state index contributed by atoms with van der Waals surface area (Å²) in [6, 6.07) is -3.62. The Hall–Kier alpha value is -1.73. The number of carbonyl (C=O) groups is 2. The van der Waals surface area contributed by atoms with E-state index in [1.165, 1.54) is 6.08 Å². The molecule has 0 saturated carbocycles. The van der Waals surface area contributed by atoms with Crippen molar-refractivity contribution >= 4 is 12.1 Å². The van der Waals surface area contributed by atoms with Crippen molar-refractivity contribution < 1.29 is 32.6 Å². The van der Waals surface area contributed by atoms with Crippen LogP contribution in [0.4, 0.5) is 18.0 Å². The summed E-state index contributed by atoms with van der Waals surface area (Å²) in [6.07, 6.45) is -5.46. The maximum Gasteiger partial charge on any atom is 0.411 e. The molecule has 8 heteroatoms. The predicted molar refractivity (Wildman–Crippen MR) is 53.9 cm³/mol. The van der Waals surface area contributed by atoms with Crippen molar-refractivity contribution in [1.29, 1.82) is 0 Å². The molecule has 1 amide bonds. The van der Waals surface area contributed by atoms with E-state index in [1.807, 2.05) is 0 Å². The van der Waals surface area contributed by atoms with E-state index >= 15 is 0 Å². The van der Waals surface area contributed by atoms with Crippen molar-refractivity contribution in [2.75, 3.05) is 6.61 Å². The number of nitrogens with zero attached hydrogens (tertiary/aromatic N) is 1. The first-order valence-corrected chi connectivity index (χ1v) is 5.14. The second-order valence-corrected chi connectivity index (χ2v) is 3.76. The largest absolute Gasteiger partial charge is 0.480 e. The molecule has 0 aromatic heterocycles. The molecule has 1 aliphatic heterocycles. The Morgan fingerprint density at radius 1 is 1.44 bits per heavy atom. The Bertz CT molecular complexity index is 356. The van der Waals surface area contributed by atoms with E-state index < -0.39 is 36.7 Å². The molecular formula is C10H12F3NO4. The number of ether oxygens (including phenoxy) is 1. The van der Waals surface area contributed by atoms with Crippen LogP contribution in [0.25, 0.3) is 0 Å². The highest BCUT2D eigenvalue weighted by Gasteiger charge is 2.54. The summed E-state index contributed by atoms with van der Waals surface area (Å²) < 4.78 is 42.5. The molecule has 0 aliphatic carbocycles. The third kappa shape index (κ3) is 2.93. The Labute approximate surface area is 101 Å². The smallest absolute Gasteiger partial charge is 0.411 e. The first-order chi connectivity index (χ1) is 8.29. The van der Waals surface area contributed by atoms with Crippen LogP contribution in [0, 0.1) is 0 Å². The SMILES string of the molecule is C=CCOC(=O)N1C(C(=O)O)CCC1C(F)(F)F. The molecule has 102 valence electrons. The molecule has 1 heterocycles. The van der Waals surface area contributed by atoms with Gasteiger partial charge in [0, 0.05) is 0 Å². The fourth-order valence-electron chi connectivity index (χ4n) is 1.83. The molecule has 2 unspecified atom stereocenters. The zero-order valence-electron chi connectivity index (χ0n) is 9.31. The number of likely N-dealkylation sites (tertiary alicyclic amines) is 1. The zero-order chi connectivity index (χ0) is 13.9. The Kier molecular flexibility index (Phi) is 4.20. The molecule has 0 radical (unpaired) electrons. The predicted octanol–water partition coefficient (Wildman–Crippen LogP) is 1.79. The number of rotatable bonds is 3. The van der Waals surface area contributed by atoms with E-state index in [-0.39, 0.29) is 17.9 Å². The molecule has 1 rings (SSSR count). The van der Waals surface area contributed by atoms with Gasteiger partial charge in [0.1, 0.15) is 18.7 Å². The zero-order valence-corrected chi connectivity index (χ0v) is 9.31. The fourth-order valence-corrected chi connectivity index (χ4v) is 1.83. The van der Waals surface area contributed by atoms with E-state index in [0.717, 1.165) is 0 Å². The van der Waals surface area contributed by atoms with Crippen LogP contribution >= 0.6 is 0 Å². The van der Waals surface area contributed by atoms with Gasteiger partial charge in [0.25, 0.3) is 0 Å². The van der Waals surface area contributed by atoms with Gasteiger partial charge in [-0.25, -0.2) is 9.59 Å². The summed E-state index contributed by atoms with van der Waals surface area (Å²) in [5, 5.41) is 8.80. The Morgan fingerprint density at radius 3 is 2.50 bits per heavy atom. The molecule has 2 atom stereocenters. The van der Waals surface area contributed by atoms with E-state index in [4.69, 9.17) is 5.11 Å². The van der Waals surface area contributed by atoms with Crippen LogP contribution in [0.15, 0.2) is 12.7 Å². The number of alkyl halides is 3. The minimum Gasteiger partial charge on any atom is -0.480 e. The molecule has 1 fully saturated rings. The molecule has 5 nitrogen and oxygen atoms in total. The van der Waals surface area contributed by atoms with Crippen LogP contribution in [0.2, 0.25) is 0 Å². The van der Waals surface area contributed by atoms with Crippen LogP contribution in [0.1, 0.15) is 12.8 Å². The number of carboxylic acid groups (broad SMARTS) is 1. The van der Waals surface area contributed by atoms with Gasteiger partial charge in [0.15, 0.2) is 0 Å². The molecule has 0 aromatic rings. The van der Waals surface area contributed by atoms with Crippen molar-refractivity contribution in [3.05, 3.63) is 12.7 Å².